The Morgan fingerprint density at radius 1 is 1.50 bits per heavy atom. The number of amides is 1. The van der Waals surface area contributed by atoms with Crippen molar-refractivity contribution in [2.45, 2.75) is 32.4 Å². The third kappa shape index (κ3) is 3.23. The predicted octanol–water partition coefficient (Wildman–Crippen LogP) is 2.11. The van der Waals surface area contributed by atoms with E-state index in [9.17, 15) is 4.79 Å². The number of ether oxygens (including phenoxy) is 1. The summed E-state index contributed by atoms with van der Waals surface area (Å²) in [6.07, 6.45) is 0.617. The smallest absolute Gasteiger partial charge is 0.410 e. The van der Waals surface area contributed by atoms with Gasteiger partial charge in [0.1, 0.15) is 0 Å². The zero-order valence-electron chi connectivity index (χ0n) is 10.9. The number of carbonyl (C=O) groups is 1. The molecule has 1 aliphatic rings. The van der Waals surface area contributed by atoms with E-state index in [1.807, 2.05) is 30.2 Å². The average Bonchev–Trinajstić information content (AvgIpc) is 2.82. The molecule has 0 aromatic carbocycles. The summed E-state index contributed by atoms with van der Waals surface area (Å²) >= 11 is 1.70. The summed E-state index contributed by atoms with van der Waals surface area (Å²) < 4.78 is 5.36. The summed E-state index contributed by atoms with van der Waals surface area (Å²) in [6, 6.07) is 4.47. The van der Waals surface area contributed by atoms with Crippen LogP contribution in [0, 0.1) is 0 Å². The molecule has 4 nitrogen and oxygen atoms in total. The van der Waals surface area contributed by atoms with Crippen LogP contribution in [0.5, 0.6) is 0 Å². The van der Waals surface area contributed by atoms with Gasteiger partial charge in [-0.2, -0.15) is 0 Å². The van der Waals surface area contributed by atoms with E-state index >= 15 is 0 Å². The normalized spacial score (nSPS) is 24.0. The Balaban J connectivity index is 1.79. The Kier molecular flexibility index (Phi) is 4.60. The van der Waals surface area contributed by atoms with E-state index in [-0.39, 0.29) is 18.2 Å². The number of thiophene rings is 1. The van der Waals surface area contributed by atoms with Gasteiger partial charge in [-0.1, -0.05) is 6.07 Å². The Hall–Kier alpha value is -1.07. The van der Waals surface area contributed by atoms with Crippen LogP contribution < -0.4 is 5.32 Å². The van der Waals surface area contributed by atoms with Crippen molar-refractivity contribution in [3.05, 3.63) is 22.4 Å². The molecule has 0 saturated carbocycles. The van der Waals surface area contributed by atoms with Crippen LogP contribution >= 0.6 is 11.3 Å². The third-order valence-corrected chi connectivity index (χ3v) is 4.13. The van der Waals surface area contributed by atoms with Gasteiger partial charge in [0.2, 0.25) is 0 Å². The number of carbonyl (C=O) groups excluding carboxylic acids is 1. The summed E-state index contributed by atoms with van der Waals surface area (Å²) in [5, 5.41) is 5.34. The van der Waals surface area contributed by atoms with Gasteiger partial charge in [-0.3, -0.25) is 0 Å². The molecule has 0 spiro atoms. The maximum atomic E-state index is 12.0. The molecule has 2 rings (SSSR count). The maximum Gasteiger partial charge on any atom is 0.410 e. The molecule has 0 radical (unpaired) electrons. The van der Waals surface area contributed by atoms with Crippen molar-refractivity contribution in [2.75, 3.05) is 19.7 Å². The fourth-order valence-electron chi connectivity index (χ4n) is 2.26. The zero-order valence-corrected chi connectivity index (χ0v) is 11.7. The number of rotatable bonds is 3. The van der Waals surface area contributed by atoms with Crippen molar-refractivity contribution in [1.82, 2.24) is 10.2 Å². The molecule has 0 unspecified atom stereocenters. The van der Waals surface area contributed by atoms with Crippen LogP contribution in [0.25, 0.3) is 0 Å². The Bertz CT molecular complexity index is 370. The van der Waals surface area contributed by atoms with Gasteiger partial charge in [-0.05, 0) is 25.3 Å². The van der Waals surface area contributed by atoms with Crippen molar-refractivity contribution >= 4 is 17.4 Å². The van der Waals surface area contributed by atoms with E-state index in [2.05, 4.69) is 11.4 Å². The van der Waals surface area contributed by atoms with Crippen molar-refractivity contribution in [2.24, 2.45) is 0 Å². The quantitative estimate of drug-likeness (QED) is 0.913. The van der Waals surface area contributed by atoms with Crippen LogP contribution in [-0.4, -0.2) is 42.8 Å². The molecule has 1 aromatic rings. The first-order valence-electron chi connectivity index (χ1n) is 6.36. The molecule has 5 heteroatoms. The molecule has 0 aliphatic carbocycles. The second-order valence-corrected chi connectivity index (χ2v) is 5.74. The molecule has 2 heterocycles. The first kappa shape index (κ1) is 13.4. The highest BCUT2D eigenvalue weighted by molar-refractivity contribution is 7.09. The number of nitrogens with one attached hydrogen (secondary N) is 1. The molecule has 0 bridgehead atoms. The van der Waals surface area contributed by atoms with Gasteiger partial charge in [0, 0.05) is 36.5 Å². The minimum atomic E-state index is -0.187. The van der Waals surface area contributed by atoms with Crippen molar-refractivity contribution < 1.29 is 9.53 Å². The number of hydrogen-bond donors (Lipinski definition) is 1. The SMILES string of the molecule is C[C@@H]1CNC[C@H](C)N1C(=O)OCCc1cccs1. The summed E-state index contributed by atoms with van der Waals surface area (Å²) in [7, 11) is 0. The molecule has 1 fully saturated rings. The summed E-state index contributed by atoms with van der Waals surface area (Å²) in [4.78, 5) is 15.1. The van der Waals surface area contributed by atoms with Crippen LogP contribution in [0.15, 0.2) is 17.5 Å². The molecule has 1 saturated heterocycles. The van der Waals surface area contributed by atoms with E-state index in [0.717, 1.165) is 19.5 Å². The van der Waals surface area contributed by atoms with Crippen LogP contribution in [0.1, 0.15) is 18.7 Å². The lowest BCUT2D eigenvalue weighted by molar-refractivity contribution is 0.0618. The van der Waals surface area contributed by atoms with E-state index < -0.39 is 0 Å². The topological polar surface area (TPSA) is 41.6 Å². The minimum Gasteiger partial charge on any atom is -0.449 e. The Morgan fingerprint density at radius 3 is 2.83 bits per heavy atom. The van der Waals surface area contributed by atoms with Gasteiger partial charge in [0.15, 0.2) is 0 Å². The van der Waals surface area contributed by atoms with Gasteiger partial charge in [-0.15, -0.1) is 11.3 Å². The lowest BCUT2D eigenvalue weighted by Gasteiger charge is -2.38. The fourth-order valence-corrected chi connectivity index (χ4v) is 2.95. The first-order chi connectivity index (χ1) is 8.68. The first-order valence-corrected chi connectivity index (χ1v) is 7.24. The van der Waals surface area contributed by atoms with Crippen LogP contribution in [0.2, 0.25) is 0 Å². The van der Waals surface area contributed by atoms with Crippen molar-refractivity contribution in [1.29, 1.82) is 0 Å². The average molecular weight is 268 g/mol. The second-order valence-electron chi connectivity index (χ2n) is 4.71. The zero-order chi connectivity index (χ0) is 13.0. The largest absolute Gasteiger partial charge is 0.449 e. The monoisotopic (exact) mass is 268 g/mol. The highest BCUT2D eigenvalue weighted by Crippen LogP contribution is 2.13. The van der Waals surface area contributed by atoms with Gasteiger partial charge in [0.25, 0.3) is 0 Å². The minimum absolute atomic E-state index is 0.187. The second kappa shape index (κ2) is 6.20. The van der Waals surface area contributed by atoms with Gasteiger partial charge < -0.3 is 15.0 Å². The highest BCUT2D eigenvalue weighted by Gasteiger charge is 2.29. The molecule has 1 amide bonds. The molecular formula is C13H20N2O2S. The molecule has 18 heavy (non-hydrogen) atoms. The number of nitrogens with zero attached hydrogens (tertiary/aromatic N) is 1. The van der Waals surface area contributed by atoms with Crippen LogP contribution in [-0.2, 0) is 11.2 Å². The van der Waals surface area contributed by atoms with E-state index in [0.29, 0.717) is 6.61 Å². The molecule has 1 aromatic heterocycles. The number of piperazine rings is 1. The molecule has 2 atom stereocenters. The van der Waals surface area contributed by atoms with Gasteiger partial charge in [-0.25, -0.2) is 4.79 Å². The number of hydrogen-bond acceptors (Lipinski definition) is 4. The Morgan fingerprint density at radius 2 is 2.22 bits per heavy atom. The predicted molar refractivity (Wildman–Crippen MR) is 73.0 cm³/mol. The fraction of sp³-hybridized carbons (Fsp3) is 0.615. The summed E-state index contributed by atoms with van der Waals surface area (Å²) in [6.45, 7) is 6.23. The van der Waals surface area contributed by atoms with Crippen LogP contribution in [0.3, 0.4) is 0 Å². The summed E-state index contributed by atoms with van der Waals surface area (Å²) in [5.41, 5.74) is 0. The lowest BCUT2D eigenvalue weighted by atomic mass is 10.1. The summed E-state index contributed by atoms with van der Waals surface area (Å²) in [5.74, 6) is 0. The standard InChI is InChI=1S/C13H20N2O2S/c1-10-8-14-9-11(2)15(10)13(16)17-6-5-12-4-3-7-18-12/h3-4,7,10-11,14H,5-6,8-9H2,1-2H3/t10-,11+. The third-order valence-electron chi connectivity index (χ3n) is 3.19. The van der Waals surface area contributed by atoms with Gasteiger partial charge >= 0.3 is 6.09 Å². The van der Waals surface area contributed by atoms with Crippen LogP contribution in [0.4, 0.5) is 4.79 Å². The van der Waals surface area contributed by atoms with Crippen molar-refractivity contribution in [3.63, 3.8) is 0 Å². The molecular weight excluding hydrogens is 248 g/mol. The van der Waals surface area contributed by atoms with Crippen molar-refractivity contribution in [3.8, 4) is 0 Å². The van der Waals surface area contributed by atoms with E-state index in [1.54, 1.807) is 11.3 Å². The Labute approximate surface area is 112 Å². The lowest BCUT2D eigenvalue weighted by Crippen LogP contribution is -2.57. The maximum absolute atomic E-state index is 12.0. The molecule has 1 N–H and O–H groups in total. The molecule has 1 aliphatic heterocycles. The highest BCUT2D eigenvalue weighted by atomic mass is 32.1. The molecule has 100 valence electrons. The van der Waals surface area contributed by atoms with Gasteiger partial charge in [0.05, 0.1) is 6.61 Å². The van der Waals surface area contributed by atoms with E-state index in [1.165, 1.54) is 4.88 Å². The van der Waals surface area contributed by atoms with E-state index in [4.69, 9.17) is 4.74 Å².